The van der Waals surface area contributed by atoms with Gasteiger partial charge in [0.1, 0.15) is 11.5 Å². The average Bonchev–Trinajstić information content (AvgIpc) is 2.69. The second kappa shape index (κ2) is 7.12. The zero-order valence-corrected chi connectivity index (χ0v) is 14.9. The van der Waals surface area contributed by atoms with Crippen LogP contribution in [-0.4, -0.2) is 29.0 Å². The van der Waals surface area contributed by atoms with Crippen LogP contribution in [0.25, 0.3) is 10.9 Å². The first-order valence-electron chi connectivity index (χ1n) is 9.09. The highest BCUT2D eigenvalue weighted by Gasteiger charge is 2.14. The van der Waals surface area contributed by atoms with E-state index in [4.69, 9.17) is 4.98 Å². The molecular formula is C21H22N4O. The van der Waals surface area contributed by atoms with E-state index >= 15 is 0 Å². The van der Waals surface area contributed by atoms with E-state index in [-0.39, 0.29) is 5.91 Å². The van der Waals surface area contributed by atoms with Crippen LogP contribution >= 0.6 is 0 Å². The number of nitrogens with zero attached hydrogens (tertiary/aromatic N) is 3. The Bertz CT molecular complexity index is 933. The number of fused-ring (bicyclic) bond motifs is 1. The van der Waals surface area contributed by atoms with Gasteiger partial charge in [0.2, 0.25) is 0 Å². The molecule has 3 aromatic rings. The quantitative estimate of drug-likeness (QED) is 0.773. The molecule has 5 heteroatoms. The topological polar surface area (TPSA) is 58.1 Å². The van der Waals surface area contributed by atoms with Crippen LogP contribution in [0.4, 0.5) is 11.5 Å². The number of benzene rings is 1. The van der Waals surface area contributed by atoms with Crippen molar-refractivity contribution in [3.8, 4) is 0 Å². The lowest BCUT2D eigenvalue weighted by Crippen LogP contribution is -2.30. The fraction of sp³-hybridized carbons (Fsp3) is 0.286. The molecule has 132 valence electrons. The van der Waals surface area contributed by atoms with Gasteiger partial charge in [-0.2, -0.15) is 0 Å². The summed E-state index contributed by atoms with van der Waals surface area (Å²) in [6.07, 6.45) is 5.39. The second-order valence-corrected chi connectivity index (χ2v) is 6.75. The standard InChI is InChI=1S/C21H22N4O/c1-15-13-20(25-11-5-2-6-12-25)24-18-9-8-16(14-17(15)18)23-21(26)19-7-3-4-10-22-19/h3-4,7-10,13-14H,2,5-6,11-12H2,1H3,(H,23,26). The molecular weight excluding hydrogens is 324 g/mol. The van der Waals surface area contributed by atoms with Gasteiger partial charge in [-0.25, -0.2) is 4.98 Å². The van der Waals surface area contributed by atoms with Crippen LogP contribution < -0.4 is 10.2 Å². The molecule has 26 heavy (non-hydrogen) atoms. The predicted octanol–water partition coefficient (Wildman–Crippen LogP) is 4.18. The smallest absolute Gasteiger partial charge is 0.274 e. The largest absolute Gasteiger partial charge is 0.357 e. The van der Waals surface area contributed by atoms with E-state index in [1.807, 2.05) is 18.2 Å². The average molecular weight is 346 g/mol. The first kappa shape index (κ1) is 16.5. The molecule has 0 radical (unpaired) electrons. The lowest BCUT2D eigenvalue weighted by molar-refractivity contribution is 0.102. The number of piperidine rings is 1. The Labute approximate surface area is 153 Å². The molecule has 1 saturated heterocycles. The Kier molecular flexibility index (Phi) is 4.52. The zero-order chi connectivity index (χ0) is 17.9. The molecule has 5 nitrogen and oxygen atoms in total. The van der Waals surface area contributed by atoms with Crippen LogP contribution in [0.15, 0.2) is 48.7 Å². The maximum Gasteiger partial charge on any atom is 0.274 e. The number of amides is 1. The molecule has 1 aliphatic rings. The van der Waals surface area contributed by atoms with E-state index in [0.29, 0.717) is 5.69 Å². The summed E-state index contributed by atoms with van der Waals surface area (Å²) in [6, 6.07) is 13.3. The van der Waals surface area contributed by atoms with Gasteiger partial charge in [-0.3, -0.25) is 9.78 Å². The van der Waals surface area contributed by atoms with Crippen molar-refractivity contribution in [1.29, 1.82) is 0 Å². The molecule has 1 fully saturated rings. The van der Waals surface area contributed by atoms with Crippen molar-refractivity contribution in [2.45, 2.75) is 26.2 Å². The van der Waals surface area contributed by atoms with E-state index in [1.165, 1.54) is 24.8 Å². The minimum absolute atomic E-state index is 0.208. The lowest BCUT2D eigenvalue weighted by atomic mass is 10.1. The van der Waals surface area contributed by atoms with Gasteiger partial charge in [-0.05, 0) is 68.1 Å². The Morgan fingerprint density at radius 2 is 1.92 bits per heavy atom. The molecule has 3 heterocycles. The number of nitrogens with one attached hydrogen (secondary N) is 1. The molecule has 0 unspecified atom stereocenters. The molecule has 4 rings (SSSR count). The van der Waals surface area contributed by atoms with Crippen molar-refractivity contribution >= 4 is 28.3 Å². The minimum Gasteiger partial charge on any atom is -0.357 e. The molecule has 0 aliphatic carbocycles. The Hall–Kier alpha value is -2.95. The van der Waals surface area contributed by atoms with Gasteiger partial charge >= 0.3 is 0 Å². The van der Waals surface area contributed by atoms with E-state index in [0.717, 1.165) is 35.5 Å². The normalized spacial score (nSPS) is 14.4. The second-order valence-electron chi connectivity index (χ2n) is 6.75. The number of hydrogen-bond acceptors (Lipinski definition) is 4. The van der Waals surface area contributed by atoms with E-state index in [1.54, 1.807) is 24.4 Å². The molecule has 0 atom stereocenters. The molecule has 2 aromatic heterocycles. The van der Waals surface area contributed by atoms with Crippen molar-refractivity contribution in [3.05, 3.63) is 59.9 Å². The molecule has 0 spiro atoms. The third-order valence-electron chi connectivity index (χ3n) is 4.84. The van der Waals surface area contributed by atoms with Crippen molar-refractivity contribution < 1.29 is 4.79 Å². The van der Waals surface area contributed by atoms with Crippen molar-refractivity contribution in [1.82, 2.24) is 9.97 Å². The lowest BCUT2D eigenvalue weighted by Gasteiger charge is -2.28. The van der Waals surface area contributed by atoms with Gasteiger partial charge < -0.3 is 10.2 Å². The zero-order valence-electron chi connectivity index (χ0n) is 14.9. The fourth-order valence-electron chi connectivity index (χ4n) is 3.43. The number of hydrogen-bond donors (Lipinski definition) is 1. The third kappa shape index (κ3) is 3.38. The number of aromatic nitrogens is 2. The monoisotopic (exact) mass is 346 g/mol. The number of carbonyl (C=O) groups is 1. The maximum atomic E-state index is 12.3. The highest BCUT2D eigenvalue weighted by Crippen LogP contribution is 2.27. The third-order valence-corrected chi connectivity index (χ3v) is 4.84. The van der Waals surface area contributed by atoms with Crippen LogP contribution in [0.1, 0.15) is 35.3 Å². The van der Waals surface area contributed by atoms with Gasteiger partial charge in [0, 0.05) is 30.4 Å². The van der Waals surface area contributed by atoms with Gasteiger partial charge in [-0.15, -0.1) is 0 Å². The summed E-state index contributed by atoms with van der Waals surface area (Å²) in [5.74, 6) is 0.848. The summed E-state index contributed by atoms with van der Waals surface area (Å²) < 4.78 is 0. The van der Waals surface area contributed by atoms with Crippen LogP contribution in [0, 0.1) is 6.92 Å². The number of rotatable bonds is 3. The van der Waals surface area contributed by atoms with Crippen LogP contribution in [-0.2, 0) is 0 Å². The first-order valence-corrected chi connectivity index (χ1v) is 9.09. The summed E-state index contributed by atoms with van der Waals surface area (Å²) >= 11 is 0. The Balaban J connectivity index is 1.61. The number of aryl methyl sites for hydroxylation is 1. The molecule has 1 aromatic carbocycles. The van der Waals surface area contributed by atoms with Crippen LogP contribution in [0.2, 0.25) is 0 Å². The van der Waals surface area contributed by atoms with Crippen LogP contribution in [0.3, 0.4) is 0 Å². The molecule has 0 saturated carbocycles. The van der Waals surface area contributed by atoms with Gasteiger partial charge in [0.15, 0.2) is 0 Å². The minimum atomic E-state index is -0.208. The molecule has 1 aliphatic heterocycles. The van der Waals surface area contributed by atoms with Crippen molar-refractivity contribution in [2.75, 3.05) is 23.3 Å². The van der Waals surface area contributed by atoms with E-state index in [9.17, 15) is 4.79 Å². The fourth-order valence-corrected chi connectivity index (χ4v) is 3.43. The predicted molar refractivity (Wildman–Crippen MR) is 105 cm³/mol. The molecule has 0 bridgehead atoms. The van der Waals surface area contributed by atoms with Crippen LogP contribution in [0.5, 0.6) is 0 Å². The van der Waals surface area contributed by atoms with Gasteiger partial charge in [-0.1, -0.05) is 6.07 Å². The molecule has 1 N–H and O–H groups in total. The van der Waals surface area contributed by atoms with E-state index < -0.39 is 0 Å². The number of carbonyl (C=O) groups excluding carboxylic acids is 1. The Morgan fingerprint density at radius 3 is 2.69 bits per heavy atom. The highest BCUT2D eigenvalue weighted by atomic mass is 16.1. The van der Waals surface area contributed by atoms with Gasteiger partial charge in [0.05, 0.1) is 5.52 Å². The molecule has 1 amide bonds. The summed E-state index contributed by atoms with van der Waals surface area (Å²) in [5.41, 5.74) is 3.29. The Morgan fingerprint density at radius 1 is 1.08 bits per heavy atom. The number of pyridine rings is 2. The van der Waals surface area contributed by atoms with Crippen molar-refractivity contribution in [3.63, 3.8) is 0 Å². The van der Waals surface area contributed by atoms with E-state index in [2.05, 4.69) is 28.2 Å². The first-order chi connectivity index (χ1) is 12.7. The number of anilines is 2. The summed E-state index contributed by atoms with van der Waals surface area (Å²) in [7, 11) is 0. The van der Waals surface area contributed by atoms with Gasteiger partial charge in [0.25, 0.3) is 5.91 Å². The maximum absolute atomic E-state index is 12.3. The summed E-state index contributed by atoms with van der Waals surface area (Å²) in [5, 5.41) is 3.98. The SMILES string of the molecule is Cc1cc(N2CCCCC2)nc2ccc(NC(=O)c3ccccn3)cc12. The van der Waals surface area contributed by atoms with Crippen molar-refractivity contribution in [2.24, 2.45) is 0 Å². The summed E-state index contributed by atoms with van der Waals surface area (Å²) in [4.78, 5) is 23.6. The highest BCUT2D eigenvalue weighted by molar-refractivity contribution is 6.04. The summed E-state index contributed by atoms with van der Waals surface area (Å²) in [6.45, 7) is 4.26.